The quantitative estimate of drug-likeness (QED) is 0.674. The second kappa shape index (κ2) is 6.18. The molecule has 0 aliphatic heterocycles. The third kappa shape index (κ3) is 2.15. The molecule has 6 nitrogen and oxygen atoms in total. The molecule has 108 valence electrons. The molecule has 0 unspecified atom stereocenters. The fourth-order valence-electron chi connectivity index (χ4n) is 2.83. The van der Waals surface area contributed by atoms with Crippen molar-refractivity contribution in [3.05, 3.63) is 45.5 Å². The van der Waals surface area contributed by atoms with E-state index in [4.69, 9.17) is 0 Å². The zero-order chi connectivity index (χ0) is 17.9. The van der Waals surface area contributed by atoms with Crippen molar-refractivity contribution in [3.8, 4) is 36.4 Å². The Bertz CT molecular complexity index is 957. The summed E-state index contributed by atoms with van der Waals surface area (Å²) in [6.07, 6.45) is 0. The second-order valence-corrected chi connectivity index (χ2v) is 4.91. The summed E-state index contributed by atoms with van der Waals surface area (Å²) in [6.45, 7) is 1.67. The Balaban J connectivity index is 3.08. The fraction of sp³-hybridized carbons (Fsp3) is 0.111. The van der Waals surface area contributed by atoms with Crippen molar-refractivity contribution in [2.45, 2.75) is 6.92 Å². The number of fused-ring (bicyclic) bond motifs is 1. The van der Waals surface area contributed by atoms with E-state index in [1.165, 1.54) is 12.1 Å². The molecule has 0 bridgehead atoms. The molecule has 24 heavy (non-hydrogen) atoms. The zero-order valence-corrected chi connectivity index (χ0v) is 12.4. The first kappa shape index (κ1) is 16.0. The molecule has 0 spiro atoms. The Morgan fingerprint density at radius 1 is 0.708 bits per heavy atom. The van der Waals surface area contributed by atoms with Gasteiger partial charge in [0.1, 0.15) is 47.6 Å². The minimum atomic E-state index is -0.552. The van der Waals surface area contributed by atoms with Crippen LogP contribution < -0.4 is 0 Å². The van der Waals surface area contributed by atoms with E-state index >= 15 is 0 Å². The Kier molecular flexibility index (Phi) is 4.12. The Morgan fingerprint density at radius 3 is 1.29 bits per heavy atom. The summed E-state index contributed by atoms with van der Waals surface area (Å²) in [5.74, 6) is -0.552. The Morgan fingerprint density at radius 2 is 1.04 bits per heavy atom. The van der Waals surface area contributed by atoms with Gasteiger partial charge < -0.3 is 0 Å². The molecule has 0 radical (unpaired) electrons. The van der Waals surface area contributed by atoms with E-state index < -0.39 is 5.92 Å². The number of nitrogens with zero attached hydrogens (tertiary/aromatic N) is 6. The summed E-state index contributed by atoms with van der Waals surface area (Å²) < 4.78 is 0. The molecule has 0 N–H and O–H groups in total. The third-order valence-corrected chi connectivity index (χ3v) is 3.83. The molecule has 2 rings (SSSR count). The molecule has 0 aromatic heterocycles. The highest BCUT2D eigenvalue weighted by Crippen LogP contribution is 2.48. The molecule has 1 aromatic rings. The Hall–Kier alpha value is -4.36. The summed E-state index contributed by atoms with van der Waals surface area (Å²) in [5.41, 5.74) is 1.47. The van der Waals surface area contributed by atoms with Crippen molar-refractivity contribution in [3.63, 3.8) is 0 Å². The second-order valence-electron chi connectivity index (χ2n) is 4.91. The normalized spacial score (nSPS) is 11.8. The number of allylic oxidation sites excluding steroid dienone is 4. The number of hydrogen-bond donors (Lipinski definition) is 0. The molecular formula is C18H6N6. The van der Waals surface area contributed by atoms with Gasteiger partial charge in [0.15, 0.2) is 0 Å². The van der Waals surface area contributed by atoms with Crippen molar-refractivity contribution in [2.75, 3.05) is 0 Å². The van der Waals surface area contributed by atoms with Gasteiger partial charge >= 0.3 is 0 Å². The van der Waals surface area contributed by atoms with Gasteiger partial charge in [-0.1, -0.05) is 6.92 Å². The maximum absolute atomic E-state index is 9.20. The zero-order valence-electron chi connectivity index (χ0n) is 12.4. The van der Waals surface area contributed by atoms with E-state index in [2.05, 4.69) is 0 Å². The molecule has 0 saturated heterocycles. The molecule has 6 heteroatoms. The number of hydrogen-bond acceptors (Lipinski definition) is 6. The van der Waals surface area contributed by atoms with Crippen LogP contribution in [0.4, 0.5) is 0 Å². The molecule has 0 saturated carbocycles. The lowest BCUT2D eigenvalue weighted by Crippen LogP contribution is -1.96. The highest BCUT2D eigenvalue weighted by atomic mass is 14.4. The van der Waals surface area contributed by atoms with Gasteiger partial charge in [-0.15, -0.1) is 0 Å². The highest BCUT2D eigenvalue weighted by molar-refractivity contribution is 6.00. The van der Waals surface area contributed by atoms with Crippen LogP contribution in [-0.4, -0.2) is 0 Å². The summed E-state index contributed by atoms with van der Waals surface area (Å²) in [6, 6.07) is 13.9. The van der Waals surface area contributed by atoms with Crippen LogP contribution in [0.1, 0.15) is 29.2 Å². The smallest absolute Gasteiger partial charge is 0.134 e. The van der Waals surface area contributed by atoms with Gasteiger partial charge in [-0.3, -0.25) is 0 Å². The van der Waals surface area contributed by atoms with E-state index in [1.54, 1.807) is 6.92 Å². The van der Waals surface area contributed by atoms with Crippen LogP contribution in [0.25, 0.3) is 11.1 Å². The number of nitriles is 6. The van der Waals surface area contributed by atoms with E-state index in [9.17, 15) is 31.6 Å². The van der Waals surface area contributed by atoms with Crippen molar-refractivity contribution in [1.82, 2.24) is 0 Å². The fourth-order valence-corrected chi connectivity index (χ4v) is 2.83. The molecule has 0 atom stereocenters. The minimum Gasteiger partial charge on any atom is -0.192 e. The number of benzene rings is 1. The van der Waals surface area contributed by atoms with Gasteiger partial charge in [0.2, 0.25) is 0 Å². The van der Waals surface area contributed by atoms with E-state index in [0.29, 0.717) is 22.3 Å². The first-order valence-corrected chi connectivity index (χ1v) is 6.65. The van der Waals surface area contributed by atoms with E-state index in [0.717, 1.165) is 0 Å². The molecule has 1 aliphatic rings. The van der Waals surface area contributed by atoms with Gasteiger partial charge in [0, 0.05) is 5.92 Å². The third-order valence-electron chi connectivity index (χ3n) is 3.83. The predicted molar refractivity (Wildman–Crippen MR) is 81.3 cm³/mol. The van der Waals surface area contributed by atoms with Crippen LogP contribution >= 0.6 is 0 Å². The van der Waals surface area contributed by atoms with E-state index in [-0.39, 0.29) is 22.3 Å². The average Bonchev–Trinajstić information content (AvgIpc) is 2.88. The lowest BCUT2D eigenvalue weighted by Gasteiger charge is -2.07. The molecule has 0 heterocycles. The van der Waals surface area contributed by atoms with Gasteiger partial charge in [0.05, 0.1) is 11.1 Å². The van der Waals surface area contributed by atoms with Gasteiger partial charge in [-0.25, -0.2) is 0 Å². The van der Waals surface area contributed by atoms with Crippen LogP contribution in [0.15, 0.2) is 23.3 Å². The summed E-state index contributed by atoms with van der Waals surface area (Å²) >= 11 is 0. The first-order valence-electron chi connectivity index (χ1n) is 6.65. The summed E-state index contributed by atoms with van der Waals surface area (Å²) in [4.78, 5) is 0. The average molecular weight is 306 g/mol. The van der Waals surface area contributed by atoms with Crippen molar-refractivity contribution in [2.24, 2.45) is 5.92 Å². The molecule has 1 aliphatic carbocycles. The van der Waals surface area contributed by atoms with Crippen LogP contribution in [0.2, 0.25) is 0 Å². The minimum absolute atomic E-state index is 0.105. The van der Waals surface area contributed by atoms with Crippen LogP contribution in [0.3, 0.4) is 0 Å². The molecule has 1 aromatic carbocycles. The van der Waals surface area contributed by atoms with Crippen LogP contribution in [-0.2, 0) is 0 Å². The summed E-state index contributed by atoms with van der Waals surface area (Å²) in [5, 5.41) is 55.2. The standard InChI is InChI=1S/C18H6N6/c1-10-17(13(6-21)7-22)15-2-11(4-19)12(5-20)3-16(15)18(10)14(8-23)9-24/h2-3,10H,1H3. The van der Waals surface area contributed by atoms with Crippen LogP contribution in [0, 0.1) is 73.9 Å². The topological polar surface area (TPSA) is 143 Å². The van der Waals surface area contributed by atoms with Crippen molar-refractivity contribution < 1.29 is 0 Å². The van der Waals surface area contributed by atoms with Gasteiger partial charge in [0.25, 0.3) is 0 Å². The summed E-state index contributed by atoms with van der Waals surface area (Å²) in [7, 11) is 0. The number of rotatable bonds is 0. The molecule has 0 fully saturated rings. The molecule has 0 amide bonds. The highest BCUT2D eigenvalue weighted by Gasteiger charge is 2.34. The van der Waals surface area contributed by atoms with Crippen LogP contribution in [0.5, 0.6) is 0 Å². The largest absolute Gasteiger partial charge is 0.192 e. The maximum atomic E-state index is 9.20. The first-order chi connectivity index (χ1) is 11.6. The Labute approximate surface area is 138 Å². The monoisotopic (exact) mass is 306 g/mol. The molecular weight excluding hydrogens is 300 g/mol. The van der Waals surface area contributed by atoms with E-state index in [1.807, 2.05) is 36.4 Å². The van der Waals surface area contributed by atoms with Crippen molar-refractivity contribution >= 4 is 11.1 Å². The predicted octanol–water partition coefficient (Wildman–Crippen LogP) is 2.68. The maximum Gasteiger partial charge on any atom is 0.134 e. The lowest BCUT2D eigenvalue weighted by molar-refractivity contribution is 1.01. The van der Waals surface area contributed by atoms with Gasteiger partial charge in [-0.2, -0.15) is 31.6 Å². The van der Waals surface area contributed by atoms with Gasteiger partial charge in [-0.05, 0) is 34.4 Å². The lowest BCUT2D eigenvalue weighted by atomic mass is 9.92. The SMILES string of the molecule is CC1C(=C(C#N)C#N)c2cc(C#N)c(C#N)cc2C1=C(C#N)C#N. The van der Waals surface area contributed by atoms with Crippen molar-refractivity contribution in [1.29, 1.82) is 31.6 Å².